The highest BCUT2D eigenvalue weighted by molar-refractivity contribution is 6.30. The summed E-state index contributed by atoms with van der Waals surface area (Å²) in [5.74, 6) is 0.0350. The predicted octanol–water partition coefficient (Wildman–Crippen LogP) is 2.12. The number of nitrogens with zero attached hydrogens (tertiary/aromatic N) is 4. The van der Waals surface area contributed by atoms with Gasteiger partial charge in [-0.15, -0.1) is 0 Å². The maximum absolute atomic E-state index is 13.9. The molecule has 1 amide bonds. The van der Waals surface area contributed by atoms with Crippen molar-refractivity contribution in [1.29, 1.82) is 0 Å². The maximum Gasteiger partial charge on any atom is 0.256 e. The van der Waals surface area contributed by atoms with E-state index in [4.69, 9.17) is 17.3 Å². The van der Waals surface area contributed by atoms with Gasteiger partial charge in [0, 0.05) is 43.0 Å². The van der Waals surface area contributed by atoms with Crippen molar-refractivity contribution in [3.05, 3.63) is 46.4 Å². The van der Waals surface area contributed by atoms with Gasteiger partial charge in [-0.2, -0.15) is 4.98 Å². The maximum atomic E-state index is 13.9. The molecule has 126 valence electrons. The zero-order valence-electron chi connectivity index (χ0n) is 13.2. The van der Waals surface area contributed by atoms with Crippen molar-refractivity contribution in [2.75, 3.05) is 36.8 Å². The number of amides is 1. The number of nitrogen functional groups attached to an aromatic ring is 1. The highest BCUT2D eigenvalue weighted by Gasteiger charge is 2.25. The van der Waals surface area contributed by atoms with Crippen LogP contribution in [0.4, 0.5) is 16.2 Å². The van der Waals surface area contributed by atoms with E-state index in [9.17, 15) is 9.18 Å². The summed E-state index contributed by atoms with van der Waals surface area (Å²) in [6.07, 6.45) is 0. The molecule has 2 heterocycles. The SMILES string of the molecule is Cc1cc(N2CCN(C(=O)c3ccc(Cl)cc3F)CC2)nc(N)n1. The van der Waals surface area contributed by atoms with Gasteiger partial charge in [0.1, 0.15) is 11.6 Å². The van der Waals surface area contributed by atoms with Crippen molar-refractivity contribution >= 4 is 29.3 Å². The second-order valence-electron chi connectivity index (χ2n) is 5.63. The molecule has 0 bridgehead atoms. The minimum Gasteiger partial charge on any atom is -0.368 e. The molecular formula is C16H17ClFN5O. The molecule has 0 unspecified atom stereocenters. The number of hydrogen-bond acceptors (Lipinski definition) is 5. The molecular weight excluding hydrogens is 333 g/mol. The topological polar surface area (TPSA) is 75.3 Å². The summed E-state index contributed by atoms with van der Waals surface area (Å²) in [5, 5.41) is 0.269. The van der Waals surface area contributed by atoms with Gasteiger partial charge >= 0.3 is 0 Å². The van der Waals surface area contributed by atoms with Crippen LogP contribution in [-0.4, -0.2) is 47.0 Å². The highest BCUT2D eigenvalue weighted by Crippen LogP contribution is 2.19. The molecule has 1 saturated heterocycles. The number of aryl methyl sites for hydroxylation is 1. The molecule has 1 aliphatic rings. The van der Waals surface area contributed by atoms with E-state index in [0.717, 1.165) is 17.6 Å². The van der Waals surface area contributed by atoms with E-state index < -0.39 is 5.82 Å². The molecule has 1 aromatic heterocycles. The fraction of sp³-hybridized carbons (Fsp3) is 0.312. The number of aromatic nitrogens is 2. The second kappa shape index (κ2) is 6.60. The van der Waals surface area contributed by atoms with E-state index in [1.807, 2.05) is 17.9 Å². The molecule has 6 nitrogen and oxygen atoms in total. The van der Waals surface area contributed by atoms with Gasteiger partial charge in [0.05, 0.1) is 5.56 Å². The van der Waals surface area contributed by atoms with E-state index in [-0.39, 0.29) is 22.4 Å². The number of hydrogen-bond donors (Lipinski definition) is 1. The lowest BCUT2D eigenvalue weighted by Crippen LogP contribution is -2.49. The third kappa shape index (κ3) is 3.41. The van der Waals surface area contributed by atoms with Crippen LogP contribution in [0.1, 0.15) is 16.1 Å². The van der Waals surface area contributed by atoms with Crippen LogP contribution in [0.15, 0.2) is 24.3 Å². The van der Waals surface area contributed by atoms with Crippen LogP contribution >= 0.6 is 11.6 Å². The standard InChI is InChI=1S/C16H17ClFN5O/c1-10-8-14(21-16(19)20-10)22-4-6-23(7-5-22)15(24)12-3-2-11(17)9-13(12)18/h2-3,8-9H,4-7H2,1H3,(H2,19,20,21). The number of nitrogens with two attached hydrogens (primary N) is 1. The number of benzene rings is 1. The second-order valence-corrected chi connectivity index (χ2v) is 6.07. The van der Waals surface area contributed by atoms with E-state index in [1.165, 1.54) is 12.1 Å². The normalized spacial score (nSPS) is 14.8. The molecule has 0 spiro atoms. The lowest BCUT2D eigenvalue weighted by Gasteiger charge is -2.35. The Labute approximate surface area is 144 Å². The molecule has 1 fully saturated rings. The van der Waals surface area contributed by atoms with Crippen LogP contribution in [0.25, 0.3) is 0 Å². The number of carbonyl (C=O) groups is 1. The average molecular weight is 350 g/mol. The summed E-state index contributed by atoms with van der Waals surface area (Å²) >= 11 is 5.73. The molecule has 2 N–H and O–H groups in total. The Bertz CT molecular complexity index is 757. The van der Waals surface area contributed by atoms with E-state index in [2.05, 4.69) is 9.97 Å². The highest BCUT2D eigenvalue weighted by atomic mass is 35.5. The smallest absolute Gasteiger partial charge is 0.256 e. The molecule has 8 heteroatoms. The Kier molecular flexibility index (Phi) is 4.53. The minimum absolute atomic E-state index is 0.0370. The van der Waals surface area contributed by atoms with Crippen LogP contribution in [0, 0.1) is 12.7 Å². The Balaban J connectivity index is 1.69. The zero-order chi connectivity index (χ0) is 17.3. The Morgan fingerprint density at radius 2 is 1.92 bits per heavy atom. The molecule has 0 saturated carbocycles. The largest absolute Gasteiger partial charge is 0.368 e. The van der Waals surface area contributed by atoms with Crippen LogP contribution < -0.4 is 10.6 Å². The average Bonchev–Trinajstić information content (AvgIpc) is 2.53. The number of carbonyl (C=O) groups excluding carboxylic acids is 1. The third-order valence-corrected chi connectivity index (χ3v) is 4.15. The summed E-state index contributed by atoms with van der Waals surface area (Å²) in [6.45, 7) is 3.99. The molecule has 2 aromatic rings. The van der Waals surface area contributed by atoms with Crippen LogP contribution in [-0.2, 0) is 0 Å². The fourth-order valence-electron chi connectivity index (χ4n) is 2.71. The summed E-state index contributed by atoms with van der Waals surface area (Å²) in [5.41, 5.74) is 6.51. The number of halogens is 2. The van der Waals surface area contributed by atoms with Gasteiger partial charge in [0.2, 0.25) is 5.95 Å². The van der Waals surface area contributed by atoms with Crippen molar-refractivity contribution in [2.45, 2.75) is 6.92 Å². The Hall–Kier alpha value is -2.41. The van der Waals surface area contributed by atoms with Gasteiger partial charge in [0.25, 0.3) is 5.91 Å². The van der Waals surface area contributed by atoms with Crippen molar-refractivity contribution in [3.8, 4) is 0 Å². The van der Waals surface area contributed by atoms with Gasteiger partial charge in [-0.1, -0.05) is 11.6 Å². The first-order valence-electron chi connectivity index (χ1n) is 7.54. The lowest BCUT2D eigenvalue weighted by molar-refractivity contribution is 0.0742. The molecule has 24 heavy (non-hydrogen) atoms. The fourth-order valence-corrected chi connectivity index (χ4v) is 2.87. The van der Waals surface area contributed by atoms with Crippen LogP contribution in [0.2, 0.25) is 5.02 Å². The van der Waals surface area contributed by atoms with Gasteiger partial charge in [-0.25, -0.2) is 9.37 Å². The molecule has 0 radical (unpaired) electrons. The summed E-state index contributed by atoms with van der Waals surface area (Å²) in [4.78, 5) is 24.4. The monoisotopic (exact) mass is 349 g/mol. The van der Waals surface area contributed by atoms with Gasteiger partial charge in [-0.05, 0) is 25.1 Å². The van der Waals surface area contributed by atoms with E-state index in [1.54, 1.807) is 4.90 Å². The first-order valence-corrected chi connectivity index (χ1v) is 7.92. The summed E-state index contributed by atoms with van der Waals surface area (Å²) in [6, 6.07) is 5.94. The van der Waals surface area contributed by atoms with E-state index >= 15 is 0 Å². The van der Waals surface area contributed by atoms with E-state index in [0.29, 0.717) is 26.2 Å². The molecule has 0 atom stereocenters. The number of rotatable bonds is 2. The molecule has 1 aromatic carbocycles. The third-order valence-electron chi connectivity index (χ3n) is 3.91. The van der Waals surface area contributed by atoms with Crippen LogP contribution in [0.3, 0.4) is 0 Å². The van der Waals surface area contributed by atoms with Crippen molar-refractivity contribution in [2.24, 2.45) is 0 Å². The molecule has 3 rings (SSSR count). The van der Waals surface area contributed by atoms with Gasteiger partial charge in [0.15, 0.2) is 0 Å². The summed E-state index contributed by atoms with van der Waals surface area (Å²) in [7, 11) is 0. The van der Waals surface area contributed by atoms with Crippen molar-refractivity contribution < 1.29 is 9.18 Å². The van der Waals surface area contributed by atoms with Crippen molar-refractivity contribution in [3.63, 3.8) is 0 Å². The van der Waals surface area contributed by atoms with Gasteiger partial charge in [-0.3, -0.25) is 4.79 Å². The molecule has 1 aliphatic heterocycles. The first kappa shape index (κ1) is 16.4. The Morgan fingerprint density at radius 1 is 1.21 bits per heavy atom. The van der Waals surface area contributed by atoms with Crippen molar-refractivity contribution in [1.82, 2.24) is 14.9 Å². The molecule has 0 aliphatic carbocycles. The number of anilines is 2. The van der Waals surface area contributed by atoms with Gasteiger partial charge < -0.3 is 15.5 Å². The quantitative estimate of drug-likeness (QED) is 0.898. The lowest BCUT2D eigenvalue weighted by atomic mass is 10.1. The number of piperazine rings is 1. The predicted molar refractivity (Wildman–Crippen MR) is 90.7 cm³/mol. The zero-order valence-corrected chi connectivity index (χ0v) is 13.9. The van der Waals surface area contributed by atoms with Crippen LogP contribution in [0.5, 0.6) is 0 Å². The Morgan fingerprint density at radius 3 is 2.54 bits per heavy atom. The summed E-state index contributed by atoms with van der Waals surface area (Å²) < 4.78 is 13.9. The first-order chi connectivity index (χ1) is 11.4. The minimum atomic E-state index is -0.603.